The molecule has 2 unspecified atom stereocenters. The zero-order valence-corrected chi connectivity index (χ0v) is 8.52. The molecule has 2 N–H and O–H groups in total. The molecule has 2 fully saturated rings. The van der Waals surface area contributed by atoms with Crippen LogP contribution in [0.3, 0.4) is 0 Å². The maximum Gasteiger partial charge on any atom is 0.135 e. The minimum absolute atomic E-state index is 0.0875. The summed E-state index contributed by atoms with van der Waals surface area (Å²) in [6.45, 7) is 2.66. The van der Waals surface area contributed by atoms with Crippen molar-refractivity contribution in [1.82, 2.24) is 10.6 Å². The molecule has 0 spiro atoms. The van der Waals surface area contributed by atoms with Crippen LogP contribution in [0.25, 0.3) is 0 Å². The van der Waals surface area contributed by atoms with Crippen molar-refractivity contribution in [2.45, 2.75) is 37.6 Å². The fourth-order valence-corrected chi connectivity index (χ4v) is 2.12. The van der Waals surface area contributed by atoms with Crippen LogP contribution in [0.2, 0.25) is 0 Å². The molecule has 2 aliphatic heterocycles. The first-order valence-corrected chi connectivity index (χ1v) is 5.53. The average molecular weight is 202 g/mol. The van der Waals surface area contributed by atoms with E-state index in [1.165, 1.54) is 0 Å². The van der Waals surface area contributed by atoms with Gasteiger partial charge in [-0.05, 0) is 32.2 Å². The zero-order valence-electron chi connectivity index (χ0n) is 8.52. The predicted molar refractivity (Wildman–Crippen MR) is 52.9 cm³/mol. The number of rotatable bonds is 3. The summed E-state index contributed by atoms with van der Waals surface area (Å²) in [5.41, 5.74) is -1.07. The van der Waals surface area contributed by atoms with Crippen LogP contribution < -0.4 is 10.6 Å². The van der Waals surface area contributed by atoms with Gasteiger partial charge in [-0.15, -0.1) is 0 Å². The van der Waals surface area contributed by atoms with E-state index in [0.717, 1.165) is 32.4 Å². The maximum atomic E-state index is 14.0. The number of nitrogens with one attached hydrogen (secondary N) is 2. The highest BCUT2D eigenvalue weighted by molar-refractivity contribution is 4.88. The Kier molecular flexibility index (Phi) is 3.36. The Morgan fingerprint density at radius 1 is 1.50 bits per heavy atom. The molecule has 2 heterocycles. The van der Waals surface area contributed by atoms with Crippen molar-refractivity contribution in [3.8, 4) is 0 Å². The first-order chi connectivity index (χ1) is 6.79. The van der Waals surface area contributed by atoms with Crippen molar-refractivity contribution in [1.29, 1.82) is 0 Å². The van der Waals surface area contributed by atoms with Crippen LogP contribution in [0.15, 0.2) is 0 Å². The van der Waals surface area contributed by atoms with E-state index >= 15 is 0 Å². The number of hydrogen-bond acceptors (Lipinski definition) is 3. The van der Waals surface area contributed by atoms with Gasteiger partial charge in [0.2, 0.25) is 0 Å². The fraction of sp³-hybridized carbons (Fsp3) is 1.00. The normalized spacial score (nSPS) is 38.8. The van der Waals surface area contributed by atoms with Gasteiger partial charge in [0.25, 0.3) is 0 Å². The van der Waals surface area contributed by atoms with E-state index in [0.29, 0.717) is 19.5 Å². The number of hydrogen-bond donors (Lipinski definition) is 2. The first kappa shape index (κ1) is 10.3. The number of ether oxygens (including phenoxy) is 1. The third-order valence-electron chi connectivity index (χ3n) is 3.00. The van der Waals surface area contributed by atoms with Crippen LogP contribution >= 0.6 is 0 Å². The van der Waals surface area contributed by atoms with Crippen molar-refractivity contribution in [2.24, 2.45) is 0 Å². The van der Waals surface area contributed by atoms with Crippen LogP contribution in [0, 0.1) is 0 Å². The molecule has 3 nitrogen and oxygen atoms in total. The van der Waals surface area contributed by atoms with Gasteiger partial charge in [0, 0.05) is 19.7 Å². The van der Waals surface area contributed by atoms with E-state index in [2.05, 4.69) is 10.6 Å². The largest absolute Gasteiger partial charge is 0.363 e. The Hall–Kier alpha value is -0.190. The number of piperidine rings is 1. The molecule has 0 aromatic rings. The topological polar surface area (TPSA) is 33.3 Å². The lowest BCUT2D eigenvalue weighted by molar-refractivity contribution is 0.0516. The summed E-state index contributed by atoms with van der Waals surface area (Å²) in [4.78, 5) is 0. The molecule has 0 aromatic heterocycles. The van der Waals surface area contributed by atoms with Gasteiger partial charge in [-0.2, -0.15) is 0 Å². The van der Waals surface area contributed by atoms with Crippen LogP contribution in [0.5, 0.6) is 0 Å². The van der Waals surface area contributed by atoms with Gasteiger partial charge in [-0.3, -0.25) is 5.32 Å². The van der Waals surface area contributed by atoms with Crippen molar-refractivity contribution < 1.29 is 9.13 Å². The summed E-state index contributed by atoms with van der Waals surface area (Å²) in [6.07, 6.45) is 3.80. The SMILES string of the molecule is FC1(CNC2CCCO2)CCCNC1. The van der Waals surface area contributed by atoms with E-state index in [-0.39, 0.29) is 6.23 Å². The van der Waals surface area contributed by atoms with Crippen LogP contribution in [-0.4, -0.2) is 38.1 Å². The summed E-state index contributed by atoms with van der Waals surface area (Å²) in [5.74, 6) is 0. The molecule has 0 amide bonds. The van der Waals surface area contributed by atoms with Crippen molar-refractivity contribution >= 4 is 0 Å². The van der Waals surface area contributed by atoms with Gasteiger partial charge < -0.3 is 10.1 Å². The molecule has 14 heavy (non-hydrogen) atoms. The van der Waals surface area contributed by atoms with E-state index in [1.54, 1.807) is 0 Å². The molecule has 0 saturated carbocycles. The highest BCUT2D eigenvalue weighted by Gasteiger charge is 2.32. The van der Waals surface area contributed by atoms with E-state index in [4.69, 9.17) is 4.74 Å². The second-order valence-electron chi connectivity index (χ2n) is 4.31. The molecule has 2 atom stereocenters. The summed E-state index contributed by atoms with van der Waals surface area (Å²) in [5, 5.41) is 6.25. The molecule has 4 heteroatoms. The van der Waals surface area contributed by atoms with Gasteiger partial charge in [0.1, 0.15) is 11.9 Å². The second-order valence-corrected chi connectivity index (χ2v) is 4.31. The second kappa shape index (κ2) is 4.55. The molecular formula is C10H19FN2O. The van der Waals surface area contributed by atoms with Gasteiger partial charge in [0.05, 0.1) is 0 Å². The lowest BCUT2D eigenvalue weighted by Gasteiger charge is -2.31. The monoisotopic (exact) mass is 202 g/mol. The lowest BCUT2D eigenvalue weighted by atomic mass is 9.96. The standard InChI is InChI=1S/C10H19FN2O/c11-10(4-2-5-12-7-10)8-13-9-3-1-6-14-9/h9,12-13H,1-8H2. The van der Waals surface area contributed by atoms with Gasteiger partial charge in [0.15, 0.2) is 0 Å². The Morgan fingerprint density at radius 2 is 2.43 bits per heavy atom. The molecule has 2 aliphatic rings. The fourth-order valence-electron chi connectivity index (χ4n) is 2.12. The predicted octanol–water partition coefficient (Wildman–Crippen LogP) is 0.804. The Morgan fingerprint density at radius 3 is 3.07 bits per heavy atom. The molecule has 2 saturated heterocycles. The molecule has 0 radical (unpaired) electrons. The van der Waals surface area contributed by atoms with Crippen LogP contribution in [-0.2, 0) is 4.74 Å². The molecule has 2 rings (SSSR count). The molecule has 0 aliphatic carbocycles. The van der Waals surface area contributed by atoms with Gasteiger partial charge in [-0.25, -0.2) is 4.39 Å². The van der Waals surface area contributed by atoms with E-state index in [1.807, 2.05) is 0 Å². The third kappa shape index (κ3) is 2.65. The van der Waals surface area contributed by atoms with Crippen molar-refractivity contribution in [3.05, 3.63) is 0 Å². The Balaban J connectivity index is 1.72. The highest BCUT2D eigenvalue weighted by atomic mass is 19.1. The minimum Gasteiger partial charge on any atom is -0.363 e. The van der Waals surface area contributed by atoms with E-state index in [9.17, 15) is 4.39 Å². The third-order valence-corrected chi connectivity index (χ3v) is 3.00. The van der Waals surface area contributed by atoms with Crippen molar-refractivity contribution in [2.75, 3.05) is 26.2 Å². The smallest absolute Gasteiger partial charge is 0.135 e. The van der Waals surface area contributed by atoms with Crippen molar-refractivity contribution in [3.63, 3.8) is 0 Å². The molecule has 0 aromatic carbocycles. The molecule has 82 valence electrons. The minimum atomic E-state index is -1.07. The van der Waals surface area contributed by atoms with E-state index < -0.39 is 5.67 Å². The first-order valence-electron chi connectivity index (χ1n) is 5.53. The number of alkyl halides is 1. The summed E-state index contributed by atoms with van der Waals surface area (Å²) in [6, 6.07) is 0. The Labute approximate surface area is 84.4 Å². The Bertz CT molecular complexity index is 177. The van der Waals surface area contributed by atoms with Crippen LogP contribution in [0.4, 0.5) is 4.39 Å². The quantitative estimate of drug-likeness (QED) is 0.710. The van der Waals surface area contributed by atoms with Crippen LogP contribution in [0.1, 0.15) is 25.7 Å². The maximum absolute atomic E-state index is 14.0. The molecular weight excluding hydrogens is 183 g/mol. The summed E-state index contributed by atoms with van der Waals surface area (Å²) >= 11 is 0. The average Bonchev–Trinajstić information content (AvgIpc) is 2.69. The number of halogens is 1. The summed E-state index contributed by atoms with van der Waals surface area (Å²) in [7, 11) is 0. The summed E-state index contributed by atoms with van der Waals surface area (Å²) < 4.78 is 19.4. The highest BCUT2D eigenvalue weighted by Crippen LogP contribution is 2.20. The van der Waals surface area contributed by atoms with Gasteiger partial charge in [-0.1, -0.05) is 0 Å². The lowest BCUT2D eigenvalue weighted by Crippen LogP contribution is -2.50. The zero-order chi connectivity index (χ0) is 9.86. The van der Waals surface area contributed by atoms with Gasteiger partial charge >= 0.3 is 0 Å². The molecule has 0 bridgehead atoms.